The number of carbonyl (C=O) groups is 1. The number of Topliss-reactive ketones (excluding diaryl/α,β-unsaturated/α-hetero) is 1. The van der Waals surface area contributed by atoms with Crippen LogP contribution in [0.5, 0.6) is 0 Å². The molecule has 20 heavy (non-hydrogen) atoms. The number of benzene rings is 2. The number of halogens is 3. The van der Waals surface area contributed by atoms with Gasteiger partial charge >= 0.3 is 0 Å². The van der Waals surface area contributed by atoms with Crippen LogP contribution in [0.2, 0.25) is 0 Å². The Morgan fingerprint density at radius 3 is 2.45 bits per heavy atom. The Morgan fingerprint density at radius 2 is 1.75 bits per heavy atom. The first-order valence-electron chi connectivity index (χ1n) is 5.86. The predicted octanol–water partition coefficient (Wildman–Crippen LogP) is 4.39. The summed E-state index contributed by atoms with van der Waals surface area (Å²) in [6, 6.07) is 8.58. The SMILES string of the molecule is Cc1ccc(C(=O)CSc2ccccc2F)c(F)c1F. The zero-order valence-corrected chi connectivity index (χ0v) is 11.4. The highest BCUT2D eigenvalue weighted by molar-refractivity contribution is 8.00. The average molecular weight is 296 g/mol. The summed E-state index contributed by atoms with van der Waals surface area (Å²) < 4.78 is 40.4. The van der Waals surface area contributed by atoms with Crippen LogP contribution in [0.25, 0.3) is 0 Å². The van der Waals surface area contributed by atoms with E-state index >= 15 is 0 Å². The van der Waals surface area contributed by atoms with E-state index in [2.05, 4.69) is 0 Å². The molecular formula is C15H11F3OS. The highest BCUT2D eigenvalue weighted by atomic mass is 32.2. The second-order valence-corrected chi connectivity index (χ2v) is 5.22. The summed E-state index contributed by atoms with van der Waals surface area (Å²) >= 11 is 0.955. The van der Waals surface area contributed by atoms with Gasteiger partial charge in [-0.05, 0) is 30.7 Å². The molecule has 0 radical (unpaired) electrons. The van der Waals surface area contributed by atoms with Gasteiger partial charge < -0.3 is 0 Å². The molecule has 5 heteroatoms. The van der Waals surface area contributed by atoms with E-state index in [9.17, 15) is 18.0 Å². The normalized spacial score (nSPS) is 10.6. The number of thioether (sulfide) groups is 1. The molecule has 0 saturated heterocycles. The third-order valence-corrected chi connectivity index (χ3v) is 3.82. The summed E-state index contributed by atoms with van der Waals surface area (Å²) in [4.78, 5) is 12.2. The van der Waals surface area contributed by atoms with Crippen LogP contribution in [-0.4, -0.2) is 11.5 Å². The number of hydrogen-bond donors (Lipinski definition) is 0. The summed E-state index contributed by atoms with van der Waals surface area (Å²) in [5.74, 6) is -3.34. The van der Waals surface area contributed by atoms with Gasteiger partial charge in [0.2, 0.25) is 0 Å². The van der Waals surface area contributed by atoms with Crippen molar-refractivity contribution < 1.29 is 18.0 Å². The fourth-order valence-electron chi connectivity index (χ4n) is 1.64. The molecule has 104 valence electrons. The molecule has 0 atom stereocenters. The fraction of sp³-hybridized carbons (Fsp3) is 0.133. The molecule has 2 aromatic carbocycles. The van der Waals surface area contributed by atoms with E-state index in [-0.39, 0.29) is 16.9 Å². The first-order valence-corrected chi connectivity index (χ1v) is 6.84. The third-order valence-electron chi connectivity index (χ3n) is 2.77. The molecule has 0 unspecified atom stereocenters. The van der Waals surface area contributed by atoms with Gasteiger partial charge in [0.15, 0.2) is 17.4 Å². The van der Waals surface area contributed by atoms with Gasteiger partial charge in [0, 0.05) is 4.90 Å². The van der Waals surface area contributed by atoms with Gasteiger partial charge in [0.1, 0.15) is 5.82 Å². The summed E-state index contributed by atoms with van der Waals surface area (Å²) in [6.07, 6.45) is 0. The van der Waals surface area contributed by atoms with E-state index in [1.165, 1.54) is 37.3 Å². The predicted molar refractivity (Wildman–Crippen MR) is 72.5 cm³/mol. The van der Waals surface area contributed by atoms with Crippen LogP contribution in [0, 0.1) is 24.4 Å². The summed E-state index contributed by atoms with van der Waals surface area (Å²) in [5.41, 5.74) is -0.169. The van der Waals surface area contributed by atoms with Gasteiger partial charge in [-0.3, -0.25) is 4.79 Å². The van der Waals surface area contributed by atoms with Crippen molar-refractivity contribution in [1.82, 2.24) is 0 Å². The number of ketones is 1. The van der Waals surface area contributed by atoms with Crippen molar-refractivity contribution in [2.75, 3.05) is 5.75 Å². The topological polar surface area (TPSA) is 17.1 Å². The van der Waals surface area contributed by atoms with Gasteiger partial charge in [-0.15, -0.1) is 11.8 Å². The molecular weight excluding hydrogens is 285 g/mol. The molecule has 0 bridgehead atoms. The molecule has 1 nitrogen and oxygen atoms in total. The summed E-state index contributed by atoms with van der Waals surface area (Å²) in [5, 5.41) is 0. The van der Waals surface area contributed by atoms with Crippen LogP contribution in [0.1, 0.15) is 15.9 Å². The number of hydrogen-bond acceptors (Lipinski definition) is 2. The minimum absolute atomic E-state index is 0.140. The lowest BCUT2D eigenvalue weighted by atomic mass is 10.1. The lowest BCUT2D eigenvalue weighted by Crippen LogP contribution is -2.08. The average Bonchev–Trinajstić information content (AvgIpc) is 2.44. The molecule has 0 aliphatic rings. The molecule has 2 rings (SSSR count). The largest absolute Gasteiger partial charge is 0.293 e. The Bertz CT molecular complexity index is 656. The molecule has 0 N–H and O–H groups in total. The van der Waals surface area contributed by atoms with Crippen molar-refractivity contribution in [3.63, 3.8) is 0 Å². The second-order valence-electron chi connectivity index (χ2n) is 4.20. The lowest BCUT2D eigenvalue weighted by Gasteiger charge is -2.06. The van der Waals surface area contributed by atoms with Gasteiger partial charge in [0.05, 0.1) is 11.3 Å². The van der Waals surface area contributed by atoms with Gasteiger partial charge in [-0.25, -0.2) is 13.2 Å². The minimum Gasteiger partial charge on any atom is -0.293 e. The van der Waals surface area contributed by atoms with E-state index in [0.29, 0.717) is 4.90 Å². The van der Waals surface area contributed by atoms with Crippen LogP contribution in [0.4, 0.5) is 13.2 Å². The number of carbonyl (C=O) groups excluding carboxylic acids is 1. The van der Waals surface area contributed by atoms with Crippen LogP contribution in [0.15, 0.2) is 41.3 Å². The Morgan fingerprint density at radius 1 is 1.05 bits per heavy atom. The Labute approximate surface area is 118 Å². The van der Waals surface area contributed by atoms with Crippen molar-refractivity contribution in [3.05, 3.63) is 65.0 Å². The van der Waals surface area contributed by atoms with Crippen LogP contribution in [-0.2, 0) is 0 Å². The van der Waals surface area contributed by atoms with Crippen molar-refractivity contribution in [2.45, 2.75) is 11.8 Å². The van der Waals surface area contributed by atoms with Crippen LogP contribution in [0.3, 0.4) is 0 Å². The van der Waals surface area contributed by atoms with Crippen LogP contribution >= 0.6 is 11.8 Å². The molecule has 0 heterocycles. The minimum atomic E-state index is -1.15. The van der Waals surface area contributed by atoms with Gasteiger partial charge in [-0.2, -0.15) is 0 Å². The van der Waals surface area contributed by atoms with Gasteiger partial charge in [0.25, 0.3) is 0 Å². The summed E-state index contributed by atoms with van der Waals surface area (Å²) in [6.45, 7) is 1.42. The molecule has 0 fully saturated rings. The smallest absolute Gasteiger partial charge is 0.176 e. The van der Waals surface area contributed by atoms with Crippen molar-refractivity contribution in [3.8, 4) is 0 Å². The first-order chi connectivity index (χ1) is 9.50. The quantitative estimate of drug-likeness (QED) is 0.615. The van der Waals surface area contributed by atoms with Crippen molar-refractivity contribution >= 4 is 17.5 Å². The zero-order chi connectivity index (χ0) is 14.7. The standard InChI is InChI=1S/C15H11F3OS/c1-9-6-7-10(15(18)14(9)17)12(19)8-20-13-5-3-2-4-11(13)16/h2-7H,8H2,1H3. The zero-order valence-electron chi connectivity index (χ0n) is 10.6. The summed E-state index contributed by atoms with van der Waals surface area (Å²) in [7, 11) is 0. The second kappa shape index (κ2) is 6.13. The molecule has 2 aromatic rings. The van der Waals surface area contributed by atoms with Crippen LogP contribution < -0.4 is 0 Å². The maximum absolute atomic E-state index is 13.6. The van der Waals surface area contributed by atoms with Crippen molar-refractivity contribution in [1.29, 1.82) is 0 Å². The van der Waals surface area contributed by atoms with Crippen molar-refractivity contribution in [2.24, 2.45) is 0 Å². The van der Waals surface area contributed by atoms with E-state index in [1.54, 1.807) is 6.07 Å². The molecule has 0 amide bonds. The van der Waals surface area contributed by atoms with E-state index in [1.807, 2.05) is 0 Å². The van der Waals surface area contributed by atoms with Gasteiger partial charge in [-0.1, -0.05) is 18.2 Å². The first kappa shape index (κ1) is 14.7. The number of aryl methyl sites for hydroxylation is 1. The fourth-order valence-corrected chi connectivity index (χ4v) is 2.47. The van der Waals surface area contributed by atoms with E-state index in [0.717, 1.165) is 11.8 Å². The van der Waals surface area contributed by atoms with E-state index in [4.69, 9.17) is 0 Å². The number of rotatable bonds is 4. The Balaban J connectivity index is 2.14. The molecule has 0 spiro atoms. The molecule has 0 saturated carbocycles. The molecule has 0 aliphatic carbocycles. The highest BCUT2D eigenvalue weighted by Crippen LogP contribution is 2.23. The van der Waals surface area contributed by atoms with E-state index < -0.39 is 23.2 Å². The highest BCUT2D eigenvalue weighted by Gasteiger charge is 2.17. The monoisotopic (exact) mass is 296 g/mol. The maximum Gasteiger partial charge on any atom is 0.176 e. The molecule has 0 aliphatic heterocycles. The Kier molecular flexibility index (Phi) is 4.49. The molecule has 0 aromatic heterocycles. The Hall–Kier alpha value is -1.75. The maximum atomic E-state index is 13.6. The lowest BCUT2D eigenvalue weighted by molar-refractivity contribution is 0.101. The third kappa shape index (κ3) is 3.04.